The summed E-state index contributed by atoms with van der Waals surface area (Å²) in [5, 5.41) is 38.3. The first-order chi connectivity index (χ1) is 14.4. The number of nitrogens with zero attached hydrogens (tertiary/aromatic N) is 5. The third-order valence-corrected chi connectivity index (χ3v) is 5.31. The van der Waals surface area contributed by atoms with Crippen LogP contribution in [0, 0.1) is 19.8 Å². The van der Waals surface area contributed by atoms with E-state index in [1.807, 2.05) is 12.1 Å². The van der Waals surface area contributed by atoms with Crippen molar-refractivity contribution in [3.05, 3.63) is 42.2 Å². The molecule has 1 aliphatic rings. The molecule has 4 N–H and O–H groups in total. The van der Waals surface area contributed by atoms with E-state index in [9.17, 15) is 15.0 Å². The van der Waals surface area contributed by atoms with E-state index >= 15 is 0 Å². The number of amides is 2. The number of carbonyl (C=O) groups is 1. The van der Waals surface area contributed by atoms with Crippen LogP contribution in [0.3, 0.4) is 0 Å². The number of aliphatic hydroxyl groups excluding tert-OH is 2. The van der Waals surface area contributed by atoms with Crippen molar-refractivity contribution in [1.82, 2.24) is 30.5 Å². The molecule has 2 amide bonds. The van der Waals surface area contributed by atoms with Crippen LogP contribution in [-0.2, 0) is 6.54 Å². The van der Waals surface area contributed by atoms with Gasteiger partial charge in [-0.2, -0.15) is 0 Å². The van der Waals surface area contributed by atoms with E-state index in [4.69, 9.17) is 4.52 Å². The number of aryl methyl sites for hydroxylation is 2. The smallest absolute Gasteiger partial charge is 0.319 e. The molecular formula is C19H23N7O4. The van der Waals surface area contributed by atoms with Gasteiger partial charge in [0.15, 0.2) is 5.76 Å². The molecule has 3 aromatic rings. The van der Waals surface area contributed by atoms with Crippen LogP contribution in [-0.4, -0.2) is 59.6 Å². The number of urea groups is 1. The quantitative estimate of drug-likeness (QED) is 0.481. The van der Waals surface area contributed by atoms with E-state index in [0.717, 1.165) is 5.56 Å². The van der Waals surface area contributed by atoms with Gasteiger partial charge in [-0.15, -0.1) is 5.10 Å². The van der Waals surface area contributed by atoms with Crippen molar-refractivity contribution in [1.29, 1.82) is 0 Å². The Bertz CT molecular complexity index is 1000. The molecule has 3 aromatic heterocycles. The summed E-state index contributed by atoms with van der Waals surface area (Å²) in [4.78, 5) is 16.4. The summed E-state index contributed by atoms with van der Waals surface area (Å²) in [5.41, 5.74) is 2.56. The molecule has 0 unspecified atom stereocenters. The van der Waals surface area contributed by atoms with Gasteiger partial charge in [-0.3, -0.25) is 9.67 Å². The number of anilines is 1. The van der Waals surface area contributed by atoms with Gasteiger partial charge in [0.1, 0.15) is 23.2 Å². The molecule has 1 fully saturated rings. The number of aromatic nitrogens is 5. The Morgan fingerprint density at radius 2 is 2.17 bits per heavy atom. The highest BCUT2D eigenvalue weighted by Gasteiger charge is 2.42. The molecule has 30 heavy (non-hydrogen) atoms. The minimum Gasteiger partial charge on any atom is -0.390 e. The maximum absolute atomic E-state index is 12.3. The summed E-state index contributed by atoms with van der Waals surface area (Å²) in [6, 6.07) is 2.59. The van der Waals surface area contributed by atoms with Gasteiger partial charge in [0.25, 0.3) is 0 Å². The zero-order chi connectivity index (χ0) is 21.3. The van der Waals surface area contributed by atoms with E-state index in [1.54, 1.807) is 37.1 Å². The standard InChI is InChI=1S/C19H23N7O4/c1-10-16(11(2)30-24-10)22-19(29)21-14-6-13(17(27)18(14)28)8-26-9-15(23-25-26)12-4-3-5-20-7-12/h3-5,7,9,13-14,17-18,27-28H,6,8H2,1-2H3,(H2,21,22,29)/t13-,14-,17-,18+/m1/s1. The molecule has 11 nitrogen and oxygen atoms in total. The summed E-state index contributed by atoms with van der Waals surface area (Å²) >= 11 is 0. The Morgan fingerprint density at radius 3 is 2.87 bits per heavy atom. The highest BCUT2D eigenvalue weighted by atomic mass is 16.5. The third-order valence-electron chi connectivity index (χ3n) is 5.31. The summed E-state index contributed by atoms with van der Waals surface area (Å²) in [6.07, 6.45) is 3.44. The van der Waals surface area contributed by atoms with Gasteiger partial charge in [0.05, 0.1) is 18.3 Å². The molecule has 4 rings (SSSR count). The van der Waals surface area contributed by atoms with Crippen molar-refractivity contribution >= 4 is 11.7 Å². The molecular weight excluding hydrogens is 390 g/mol. The summed E-state index contributed by atoms with van der Waals surface area (Å²) in [5.74, 6) is 0.191. The van der Waals surface area contributed by atoms with Crippen LogP contribution in [0.2, 0.25) is 0 Å². The number of nitrogens with one attached hydrogen (secondary N) is 2. The summed E-state index contributed by atoms with van der Waals surface area (Å²) in [6.45, 7) is 3.76. The number of hydrogen-bond donors (Lipinski definition) is 4. The second kappa shape index (κ2) is 8.20. The van der Waals surface area contributed by atoms with Crippen LogP contribution in [0.1, 0.15) is 17.9 Å². The Morgan fingerprint density at radius 1 is 1.33 bits per heavy atom. The van der Waals surface area contributed by atoms with Crippen LogP contribution >= 0.6 is 0 Å². The Hall–Kier alpha value is -3.31. The van der Waals surface area contributed by atoms with Gasteiger partial charge < -0.3 is 25.4 Å². The predicted octanol–water partition coefficient (Wildman–Crippen LogP) is 0.877. The van der Waals surface area contributed by atoms with E-state index in [0.29, 0.717) is 35.8 Å². The van der Waals surface area contributed by atoms with E-state index < -0.39 is 24.3 Å². The predicted molar refractivity (Wildman–Crippen MR) is 105 cm³/mol. The number of hydrogen-bond acceptors (Lipinski definition) is 8. The molecule has 1 aliphatic carbocycles. The SMILES string of the molecule is Cc1noc(C)c1NC(=O)N[C@@H]1C[C@H](Cn2cc(-c3cccnc3)nn2)[C@@H](O)[C@H]1O. The lowest BCUT2D eigenvalue weighted by Crippen LogP contribution is -2.44. The van der Waals surface area contributed by atoms with Crippen molar-refractivity contribution in [3.63, 3.8) is 0 Å². The Kier molecular flexibility index (Phi) is 5.46. The maximum atomic E-state index is 12.3. The Balaban J connectivity index is 1.37. The molecule has 0 bridgehead atoms. The van der Waals surface area contributed by atoms with E-state index in [2.05, 4.69) is 31.1 Å². The van der Waals surface area contributed by atoms with Crippen molar-refractivity contribution in [2.75, 3.05) is 5.32 Å². The minimum atomic E-state index is -1.09. The first-order valence-corrected chi connectivity index (χ1v) is 9.59. The highest BCUT2D eigenvalue weighted by Crippen LogP contribution is 2.29. The third kappa shape index (κ3) is 4.02. The molecule has 158 valence electrons. The van der Waals surface area contributed by atoms with E-state index in [-0.39, 0.29) is 5.92 Å². The molecule has 4 atom stereocenters. The molecule has 11 heteroatoms. The second-order valence-corrected chi connectivity index (χ2v) is 7.45. The first-order valence-electron chi connectivity index (χ1n) is 9.59. The molecule has 0 aromatic carbocycles. The van der Waals surface area contributed by atoms with Gasteiger partial charge in [0.2, 0.25) is 0 Å². The van der Waals surface area contributed by atoms with Crippen molar-refractivity contribution < 1.29 is 19.5 Å². The zero-order valence-corrected chi connectivity index (χ0v) is 16.6. The molecule has 0 spiro atoms. The maximum Gasteiger partial charge on any atom is 0.319 e. The lowest BCUT2D eigenvalue weighted by molar-refractivity contribution is 0.00878. The molecule has 0 saturated heterocycles. The van der Waals surface area contributed by atoms with Gasteiger partial charge >= 0.3 is 6.03 Å². The average molecular weight is 413 g/mol. The normalized spacial score (nSPS) is 23.5. The topological polar surface area (TPSA) is 151 Å². The fourth-order valence-corrected chi connectivity index (χ4v) is 3.70. The number of pyridine rings is 1. The monoisotopic (exact) mass is 413 g/mol. The number of aliphatic hydroxyl groups is 2. The Labute approximate surface area is 172 Å². The number of rotatable bonds is 5. The fourth-order valence-electron chi connectivity index (χ4n) is 3.70. The van der Waals surface area contributed by atoms with Crippen molar-refractivity contribution in [2.45, 2.75) is 45.1 Å². The fraction of sp³-hybridized carbons (Fsp3) is 0.421. The van der Waals surface area contributed by atoms with Gasteiger partial charge in [0, 0.05) is 30.4 Å². The highest BCUT2D eigenvalue weighted by molar-refractivity contribution is 5.90. The lowest BCUT2D eigenvalue weighted by Gasteiger charge is -2.18. The zero-order valence-electron chi connectivity index (χ0n) is 16.6. The van der Waals surface area contributed by atoms with Crippen molar-refractivity contribution in [3.8, 4) is 11.3 Å². The molecule has 3 heterocycles. The molecule has 1 saturated carbocycles. The largest absolute Gasteiger partial charge is 0.390 e. The van der Waals surface area contributed by atoms with Crippen LogP contribution in [0.4, 0.5) is 10.5 Å². The van der Waals surface area contributed by atoms with Crippen LogP contribution in [0.25, 0.3) is 11.3 Å². The second-order valence-electron chi connectivity index (χ2n) is 7.45. The van der Waals surface area contributed by atoms with E-state index in [1.165, 1.54) is 0 Å². The van der Waals surface area contributed by atoms with Crippen LogP contribution in [0.15, 0.2) is 35.2 Å². The molecule has 0 aliphatic heterocycles. The lowest BCUT2D eigenvalue weighted by atomic mass is 10.1. The first kappa shape index (κ1) is 20.0. The van der Waals surface area contributed by atoms with Gasteiger partial charge in [-0.25, -0.2) is 4.79 Å². The summed E-state index contributed by atoms with van der Waals surface area (Å²) < 4.78 is 6.64. The minimum absolute atomic E-state index is 0.298. The average Bonchev–Trinajstić information content (AvgIpc) is 3.40. The number of carbonyl (C=O) groups excluding carboxylic acids is 1. The van der Waals surface area contributed by atoms with Gasteiger partial charge in [-0.05, 0) is 32.4 Å². The van der Waals surface area contributed by atoms with Crippen molar-refractivity contribution in [2.24, 2.45) is 5.92 Å². The van der Waals surface area contributed by atoms with Gasteiger partial charge in [-0.1, -0.05) is 10.4 Å². The van der Waals surface area contributed by atoms with Crippen LogP contribution in [0.5, 0.6) is 0 Å². The molecule has 0 radical (unpaired) electrons. The summed E-state index contributed by atoms with van der Waals surface area (Å²) in [7, 11) is 0. The van der Waals surface area contributed by atoms with Crippen LogP contribution < -0.4 is 10.6 Å².